The summed E-state index contributed by atoms with van der Waals surface area (Å²) >= 11 is 0. The first-order valence-electron chi connectivity index (χ1n) is 7.09. The van der Waals surface area contributed by atoms with Crippen molar-refractivity contribution in [1.29, 1.82) is 0 Å². The Balaban J connectivity index is 1.85. The third-order valence-electron chi connectivity index (χ3n) is 4.10. The van der Waals surface area contributed by atoms with Crippen molar-refractivity contribution in [2.24, 2.45) is 0 Å². The molecule has 0 unspecified atom stereocenters. The lowest BCUT2D eigenvalue weighted by atomic mass is 10.0. The number of benzene rings is 1. The largest absolute Gasteiger partial charge is 0.383 e. The van der Waals surface area contributed by atoms with Crippen molar-refractivity contribution in [3.8, 4) is 0 Å². The van der Waals surface area contributed by atoms with Gasteiger partial charge in [-0.15, -0.1) is 0 Å². The molecule has 1 fully saturated rings. The summed E-state index contributed by atoms with van der Waals surface area (Å²) in [5, 5.41) is 0.930. The fourth-order valence-corrected chi connectivity index (χ4v) is 2.81. The average molecular weight is 271 g/mol. The van der Waals surface area contributed by atoms with E-state index in [0.717, 1.165) is 42.8 Å². The Kier molecular flexibility index (Phi) is 3.44. The minimum absolute atomic E-state index is 0.570. The van der Waals surface area contributed by atoms with Gasteiger partial charge in [0.05, 0.1) is 5.52 Å². The van der Waals surface area contributed by atoms with Gasteiger partial charge in [-0.1, -0.05) is 12.1 Å². The van der Waals surface area contributed by atoms with Crippen LogP contribution in [0.5, 0.6) is 0 Å². The van der Waals surface area contributed by atoms with Crippen molar-refractivity contribution in [3.05, 3.63) is 24.3 Å². The number of piperidine rings is 1. The van der Waals surface area contributed by atoms with E-state index in [4.69, 9.17) is 5.73 Å². The molecule has 1 aliphatic rings. The van der Waals surface area contributed by atoms with Gasteiger partial charge < -0.3 is 15.5 Å². The lowest BCUT2D eigenvalue weighted by Crippen LogP contribution is -2.42. The number of fused-ring (bicyclic) bond motifs is 1. The van der Waals surface area contributed by atoms with Crippen LogP contribution >= 0.6 is 0 Å². The monoisotopic (exact) mass is 271 g/mol. The first kappa shape index (κ1) is 13.1. The number of nitrogen functional groups attached to an aromatic ring is 1. The Bertz CT molecular complexity index is 602. The van der Waals surface area contributed by atoms with Gasteiger partial charge in [-0.2, -0.15) is 4.98 Å². The van der Waals surface area contributed by atoms with Gasteiger partial charge in [0.1, 0.15) is 5.82 Å². The van der Waals surface area contributed by atoms with E-state index in [2.05, 4.69) is 33.9 Å². The van der Waals surface area contributed by atoms with Gasteiger partial charge in [-0.05, 0) is 39.1 Å². The fourth-order valence-electron chi connectivity index (χ4n) is 2.81. The minimum atomic E-state index is 0.570. The summed E-state index contributed by atoms with van der Waals surface area (Å²) in [6.45, 7) is 1.97. The molecule has 0 radical (unpaired) electrons. The van der Waals surface area contributed by atoms with Gasteiger partial charge in [0.25, 0.3) is 0 Å². The smallest absolute Gasteiger partial charge is 0.227 e. The lowest BCUT2D eigenvalue weighted by Gasteiger charge is -2.35. The third-order valence-corrected chi connectivity index (χ3v) is 4.10. The van der Waals surface area contributed by atoms with E-state index < -0.39 is 0 Å². The molecule has 2 heterocycles. The van der Waals surface area contributed by atoms with Crippen molar-refractivity contribution >= 4 is 22.7 Å². The number of rotatable bonds is 2. The second kappa shape index (κ2) is 5.25. The summed E-state index contributed by atoms with van der Waals surface area (Å²) in [5.74, 6) is 1.33. The maximum Gasteiger partial charge on any atom is 0.227 e. The zero-order valence-corrected chi connectivity index (χ0v) is 12.1. The average Bonchev–Trinajstić information content (AvgIpc) is 2.47. The van der Waals surface area contributed by atoms with Gasteiger partial charge in [0.2, 0.25) is 5.95 Å². The van der Waals surface area contributed by atoms with Crippen molar-refractivity contribution < 1.29 is 0 Å². The molecule has 0 saturated carbocycles. The van der Waals surface area contributed by atoms with Crippen molar-refractivity contribution in [1.82, 2.24) is 14.9 Å². The van der Waals surface area contributed by atoms with Crippen LogP contribution in [0.2, 0.25) is 0 Å². The molecule has 106 valence electrons. The molecule has 0 bridgehead atoms. The quantitative estimate of drug-likeness (QED) is 0.901. The van der Waals surface area contributed by atoms with Crippen LogP contribution < -0.4 is 10.6 Å². The van der Waals surface area contributed by atoms with Crippen LogP contribution in [0, 0.1) is 0 Å². The van der Waals surface area contributed by atoms with Gasteiger partial charge >= 0.3 is 0 Å². The molecule has 0 aliphatic carbocycles. The molecular weight excluding hydrogens is 250 g/mol. The van der Waals surface area contributed by atoms with Gasteiger partial charge in [-0.3, -0.25) is 0 Å². The molecule has 1 aliphatic heterocycles. The molecule has 1 aromatic heterocycles. The molecule has 0 amide bonds. The molecule has 1 saturated heterocycles. The van der Waals surface area contributed by atoms with E-state index in [1.807, 2.05) is 24.3 Å². The maximum atomic E-state index is 6.05. The fraction of sp³-hybridized carbons (Fsp3) is 0.467. The Morgan fingerprint density at radius 2 is 1.85 bits per heavy atom. The molecule has 5 nitrogen and oxygen atoms in total. The second-order valence-electron chi connectivity index (χ2n) is 5.61. The van der Waals surface area contributed by atoms with Crippen LogP contribution in [0.3, 0.4) is 0 Å². The molecule has 0 spiro atoms. The molecule has 3 rings (SSSR count). The number of anilines is 2. The number of aromatic nitrogens is 2. The van der Waals surface area contributed by atoms with Crippen LogP contribution in [-0.4, -0.2) is 48.1 Å². The SMILES string of the molecule is CN(C)C1CCN(c2nc(N)c3ccccc3n2)CC1. The van der Waals surface area contributed by atoms with E-state index in [0.29, 0.717) is 11.9 Å². The van der Waals surface area contributed by atoms with Gasteiger partial charge in [0.15, 0.2) is 0 Å². The standard InChI is InChI=1S/C15H21N5/c1-19(2)11-7-9-20(10-8-11)15-17-13-6-4-3-5-12(13)14(16)18-15/h3-6,11H,7-10H2,1-2H3,(H2,16,17,18). The Morgan fingerprint density at radius 3 is 2.55 bits per heavy atom. The van der Waals surface area contributed by atoms with E-state index in [1.54, 1.807) is 0 Å². The zero-order valence-electron chi connectivity index (χ0n) is 12.1. The van der Waals surface area contributed by atoms with Crippen LogP contribution in [0.1, 0.15) is 12.8 Å². The summed E-state index contributed by atoms with van der Waals surface area (Å²) in [7, 11) is 4.29. The van der Waals surface area contributed by atoms with E-state index in [1.165, 1.54) is 0 Å². The molecular formula is C15H21N5. The van der Waals surface area contributed by atoms with E-state index >= 15 is 0 Å². The minimum Gasteiger partial charge on any atom is -0.383 e. The second-order valence-corrected chi connectivity index (χ2v) is 5.61. The highest BCUT2D eigenvalue weighted by Gasteiger charge is 2.22. The predicted molar refractivity (Wildman–Crippen MR) is 82.9 cm³/mol. The molecule has 2 aromatic rings. The maximum absolute atomic E-state index is 6.05. The lowest BCUT2D eigenvalue weighted by molar-refractivity contribution is 0.249. The van der Waals surface area contributed by atoms with E-state index in [9.17, 15) is 0 Å². The summed E-state index contributed by atoms with van der Waals surface area (Å²) in [6.07, 6.45) is 2.28. The Morgan fingerprint density at radius 1 is 1.15 bits per heavy atom. The van der Waals surface area contributed by atoms with Crippen molar-refractivity contribution in [2.75, 3.05) is 37.8 Å². The Hall–Kier alpha value is -1.88. The first-order valence-corrected chi connectivity index (χ1v) is 7.09. The van der Waals surface area contributed by atoms with Gasteiger partial charge in [0, 0.05) is 24.5 Å². The first-order chi connectivity index (χ1) is 9.65. The number of hydrogen-bond acceptors (Lipinski definition) is 5. The number of nitrogens with two attached hydrogens (primary N) is 1. The van der Waals surface area contributed by atoms with Crippen molar-refractivity contribution in [3.63, 3.8) is 0 Å². The highest BCUT2D eigenvalue weighted by molar-refractivity contribution is 5.88. The number of nitrogens with zero attached hydrogens (tertiary/aromatic N) is 4. The Labute approximate surface area is 119 Å². The summed E-state index contributed by atoms with van der Waals surface area (Å²) in [4.78, 5) is 13.7. The van der Waals surface area contributed by atoms with Crippen LogP contribution in [0.25, 0.3) is 10.9 Å². The highest BCUT2D eigenvalue weighted by Crippen LogP contribution is 2.23. The molecule has 1 aromatic carbocycles. The summed E-state index contributed by atoms with van der Waals surface area (Å²) in [6, 6.07) is 8.56. The molecule has 0 atom stereocenters. The highest BCUT2D eigenvalue weighted by atomic mass is 15.3. The molecule has 5 heteroatoms. The van der Waals surface area contributed by atoms with E-state index in [-0.39, 0.29) is 0 Å². The van der Waals surface area contributed by atoms with Crippen LogP contribution in [0.15, 0.2) is 24.3 Å². The van der Waals surface area contributed by atoms with Gasteiger partial charge in [-0.25, -0.2) is 4.98 Å². The third kappa shape index (κ3) is 2.41. The van der Waals surface area contributed by atoms with Crippen molar-refractivity contribution in [2.45, 2.75) is 18.9 Å². The number of para-hydroxylation sites is 1. The predicted octanol–water partition coefficient (Wildman–Crippen LogP) is 1.74. The normalized spacial score (nSPS) is 17.1. The van der Waals surface area contributed by atoms with Crippen LogP contribution in [0.4, 0.5) is 11.8 Å². The molecule has 20 heavy (non-hydrogen) atoms. The van der Waals surface area contributed by atoms with Crippen LogP contribution in [-0.2, 0) is 0 Å². The number of hydrogen-bond donors (Lipinski definition) is 1. The molecule has 2 N–H and O–H groups in total. The summed E-state index contributed by atoms with van der Waals surface area (Å²) < 4.78 is 0. The summed E-state index contributed by atoms with van der Waals surface area (Å²) in [5.41, 5.74) is 6.97. The topological polar surface area (TPSA) is 58.3 Å². The zero-order chi connectivity index (χ0) is 14.1.